The number of aromatic nitrogens is 1. The van der Waals surface area contributed by atoms with Crippen LogP contribution in [0.4, 0.5) is 0 Å². The first-order valence-electron chi connectivity index (χ1n) is 7.78. The van der Waals surface area contributed by atoms with E-state index in [1.54, 1.807) is 0 Å². The number of nitrogens with one attached hydrogen (secondary N) is 1. The number of fused-ring (bicyclic) bond motifs is 1. The Kier molecular flexibility index (Phi) is 4.96. The van der Waals surface area contributed by atoms with Gasteiger partial charge in [0.15, 0.2) is 0 Å². The normalized spacial score (nSPS) is 13.8. The van der Waals surface area contributed by atoms with Crippen LogP contribution in [0.25, 0.3) is 10.9 Å². The third-order valence-corrected chi connectivity index (χ3v) is 4.90. The van der Waals surface area contributed by atoms with Crippen molar-refractivity contribution in [1.29, 1.82) is 0 Å². The summed E-state index contributed by atoms with van der Waals surface area (Å²) in [5.74, 6) is 0. The molecule has 0 bridgehead atoms. The van der Waals surface area contributed by atoms with Crippen LogP contribution in [-0.2, 0) is 0 Å². The van der Waals surface area contributed by atoms with Gasteiger partial charge >= 0.3 is 0 Å². The maximum Gasteiger partial charge on any atom is 0.0702 e. The first-order chi connectivity index (χ1) is 10.1. The average molecular weight is 285 g/mol. The van der Waals surface area contributed by atoms with Gasteiger partial charge in [-0.15, -0.1) is 0 Å². The monoisotopic (exact) mass is 285 g/mol. The second kappa shape index (κ2) is 6.54. The largest absolute Gasteiger partial charge is 0.311 e. The first kappa shape index (κ1) is 15.9. The molecular formula is C18H27N3. The Morgan fingerprint density at radius 2 is 1.90 bits per heavy atom. The van der Waals surface area contributed by atoms with Gasteiger partial charge in [-0.3, -0.25) is 4.98 Å². The van der Waals surface area contributed by atoms with Crippen LogP contribution in [0.15, 0.2) is 36.5 Å². The van der Waals surface area contributed by atoms with E-state index >= 15 is 0 Å². The maximum atomic E-state index is 4.41. The highest BCUT2D eigenvalue weighted by Crippen LogP contribution is 2.36. The van der Waals surface area contributed by atoms with Crippen LogP contribution >= 0.6 is 0 Å². The molecule has 114 valence electrons. The van der Waals surface area contributed by atoms with E-state index in [0.717, 1.165) is 18.4 Å². The number of likely N-dealkylation sites (N-methyl/N-ethyl adjacent to an activating group) is 2. The zero-order chi connectivity index (χ0) is 15.5. The van der Waals surface area contributed by atoms with Crippen molar-refractivity contribution in [3.63, 3.8) is 0 Å². The van der Waals surface area contributed by atoms with Gasteiger partial charge < -0.3 is 10.2 Å². The number of hydrogen-bond acceptors (Lipinski definition) is 3. The Morgan fingerprint density at radius 1 is 1.19 bits per heavy atom. The van der Waals surface area contributed by atoms with Crippen LogP contribution in [0.1, 0.15) is 38.3 Å². The molecule has 1 atom stereocenters. The van der Waals surface area contributed by atoms with Crippen LogP contribution in [0, 0.1) is 0 Å². The number of hydrogen-bond donors (Lipinski definition) is 1. The van der Waals surface area contributed by atoms with Crippen LogP contribution < -0.4 is 5.32 Å². The quantitative estimate of drug-likeness (QED) is 0.878. The molecule has 0 aliphatic heterocycles. The highest BCUT2D eigenvalue weighted by molar-refractivity contribution is 5.79. The van der Waals surface area contributed by atoms with Crippen molar-refractivity contribution in [3.8, 4) is 0 Å². The van der Waals surface area contributed by atoms with Gasteiger partial charge in [-0.1, -0.05) is 26.0 Å². The zero-order valence-electron chi connectivity index (χ0n) is 13.9. The van der Waals surface area contributed by atoms with Crippen molar-refractivity contribution in [2.75, 3.05) is 21.1 Å². The Morgan fingerprint density at radius 3 is 2.48 bits per heavy atom. The Bertz CT molecular complexity index is 588. The summed E-state index contributed by atoms with van der Waals surface area (Å²) >= 11 is 0. The topological polar surface area (TPSA) is 28.2 Å². The van der Waals surface area contributed by atoms with Gasteiger partial charge in [0.1, 0.15) is 0 Å². The lowest BCUT2D eigenvalue weighted by molar-refractivity contribution is 0.0918. The van der Waals surface area contributed by atoms with Crippen LogP contribution in [0.3, 0.4) is 0 Å². The predicted octanol–water partition coefficient (Wildman–Crippen LogP) is 3.62. The molecule has 2 aromatic rings. The molecule has 3 nitrogen and oxygen atoms in total. The minimum atomic E-state index is 0.116. The third-order valence-electron chi connectivity index (χ3n) is 4.90. The van der Waals surface area contributed by atoms with E-state index in [1.165, 1.54) is 10.9 Å². The molecule has 2 rings (SSSR count). The lowest BCUT2D eigenvalue weighted by Gasteiger charge is -2.45. The second-order valence-corrected chi connectivity index (χ2v) is 5.88. The van der Waals surface area contributed by atoms with E-state index in [2.05, 4.69) is 74.5 Å². The third kappa shape index (κ3) is 2.81. The molecule has 0 amide bonds. The summed E-state index contributed by atoms with van der Waals surface area (Å²) in [7, 11) is 6.42. The van der Waals surface area contributed by atoms with Crippen LogP contribution in [0.2, 0.25) is 0 Å². The van der Waals surface area contributed by atoms with Gasteiger partial charge in [0.2, 0.25) is 0 Å². The molecule has 1 unspecified atom stereocenters. The van der Waals surface area contributed by atoms with Gasteiger partial charge in [0.05, 0.1) is 11.6 Å². The summed E-state index contributed by atoms with van der Waals surface area (Å²) in [6, 6.07) is 11.0. The fourth-order valence-corrected chi connectivity index (χ4v) is 3.57. The van der Waals surface area contributed by atoms with Crippen molar-refractivity contribution in [3.05, 3.63) is 42.1 Å². The molecule has 0 aliphatic carbocycles. The molecule has 0 fully saturated rings. The van der Waals surface area contributed by atoms with Gasteiger partial charge in [0, 0.05) is 17.1 Å². The van der Waals surface area contributed by atoms with Crippen molar-refractivity contribution in [2.24, 2.45) is 0 Å². The second-order valence-electron chi connectivity index (χ2n) is 5.88. The Hall–Kier alpha value is -1.45. The summed E-state index contributed by atoms with van der Waals surface area (Å²) < 4.78 is 0. The Balaban J connectivity index is 2.51. The fourth-order valence-electron chi connectivity index (χ4n) is 3.57. The van der Waals surface area contributed by atoms with Gasteiger partial charge in [-0.25, -0.2) is 0 Å². The summed E-state index contributed by atoms with van der Waals surface area (Å²) in [6.07, 6.45) is 4.06. The summed E-state index contributed by atoms with van der Waals surface area (Å²) in [6.45, 7) is 4.55. The van der Waals surface area contributed by atoms with Crippen LogP contribution in [-0.4, -0.2) is 36.6 Å². The molecule has 1 N–H and O–H groups in total. The van der Waals surface area contributed by atoms with Gasteiger partial charge in [-0.2, -0.15) is 0 Å². The SMILES string of the molecule is CCC(CC)(C(NC)c1ccc2ncccc2c1)N(C)C. The summed E-state index contributed by atoms with van der Waals surface area (Å²) in [5, 5.41) is 4.75. The minimum absolute atomic E-state index is 0.116. The van der Waals surface area contributed by atoms with Crippen molar-refractivity contribution < 1.29 is 0 Å². The number of nitrogens with zero attached hydrogens (tertiary/aromatic N) is 2. The van der Waals surface area contributed by atoms with Crippen molar-refractivity contribution in [1.82, 2.24) is 15.2 Å². The molecule has 3 heteroatoms. The highest BCUT2D eigenvalue weighted by atomic mass is 15.2. The van der Waals surface area contributed by atoms with E-state index in [1.807, 2.05) is 12.3 Å². The minimum Gasteiger partial charge on any atom is -0.311 e. The smallest absolute Gasteiger partial charge is 0.0702 e. The lowest BCUT2D eigenvalue weighted by atomic mass is 9.79. The maximum absolute atomic E-state index is 4.41. The molecular weight excluding hydrogens is 258 g/mol. The van der Waals surface area contributed by atoms with Gasteiger partial charge in [0.25, 0.3) is 0 Å². The number of rotatable bonds is 6. The number of pyridine rings is 1. The van der Waals surface area contributed by atoms with Crippen molar-refractivity contribution >= 4 is 10.9 Å². The molecule has 0 aliphatic rings. The molecule has 21 heavy (non-hydrogen) atoms. The highest BCUT2D eigenvalue weighted by Gasteiger charge is 2.37. The van der Waals surface area contributed by atoms with E-state index in [9.17, 15) is 0 Å². The Labute approximate surface area is 128 Å². The van der Waals surface area contributed by atoms with E-state index in [4.69, 9.17) is 0 Å². The van der Waals surface area contributed by atoms with Crippen LogP contribution in [0.5, 0.6) is 0 Å². The number of benzene rings is 1. The van der Waals surface area contributed by atoms with Crippen molar-refractivity contribution in [2.45, 2.75) is 38.3 Å². The fraction of sp³-hybridized carbons (Fsp3) is 0.500. The standard InChI is InChI=1S/C18H27N3/c1-6-18(7-2,21(4)5)17(19-3)15-10-11-16-14(13-15)9-8-12-20-16/h8-13,17,19H,6-7H2,1-5H3. The van der Waals surface area contributed by atoms with E-state index in [-0.39, 0.29) is 5.54 Å². The molecule has 0 saturated heterocycles. The molecule has 0 radical (unpaired) electrons. The first-order valence-corrected chi connectivity index (χ1v) is 7.78. The molecule has 1 aromatic heterocycles. The average Bonchev–Trinajstić information content (AvgIpc) is 2.52. The molecule has 1 heterocycles. The molecule has 0 spiro atoms. The summed E-state index contributed by atoms with van der Waals surface area (Å²) in [5.41, 5.74) is 2.50. The predicted molar refractivity (Wildman–Crippen MR) is 90.5 cm³/mol. The van der Waals surface area contributed by atoms with Gasteiger partial charge in [-0.05, 0) is 57.7 Å². The zero-order valence-corrected chi connectivity index (χ0v) is 13.9. The summed E-state index contributed by atoms with van der Waals surface area (Å²) in [4.78, 5) is 6.78. The molecule has 1 aromatic carbocycles. The lowest BCUT2D eigenvalue weighted by Crippen LogP contribution is -2.52. The van der Waals surface area contributed by atoms with E-state index < -0.39 is 0 Å². The molecule has 0 saturated carbocycles. The van der Waals surface area contributed by atoms with E-state index in [0.29, 0.717) is 6.04 Å².